The molecule has 0 spiro atoms. The average molecular weight is 341 g/mol. The Morgan fingerprint density at radius 1 is 1.25 bits per heavy atom. The number of hydrogen-bond donors (Lipinski definition) is 1. The molecule has 3 heterocycles. The molecule has 4 rings (SSSR count). The Balaban J connectivity index is 1.76. The first-order valence-electron chi connectivity index (χ1n) is 7.95. The molecule has 3 aliphatic rings. The number of carbonyl (C=O) groups excluding carboxylic acids is 1. The van der Waals surface area contributed by atoms with Crippen molar-refractivity contribution in [3.8, 4) is 0 Å². The van der Waals surface area contributed by atoms with E-state index in [1.54, 1.807) is 0 Å². The summed E-state index contributed by atoms with van der Waals surface area (Å²) in [5, 5.41) is 10.7. The van der Waals surface area contributed by atoms with Crippen LogP contribution < -0.4 is 4.90 Å². The van der Waals surface area contributed by atoms with Gasteiger partial charge in [0.15, 0.2) is 0 Å². The third-order valence-corrected chi connectivity index (χ3v) is 5.85. The highest BCUT2D eigenvalue weighted by Crippen LogP contribution is 2.62. The highest BCUT2D eigenvalue weighted by atomic mass is 19.4. The monoisotopic (exact) mass is 341 g/mol. The molecule has 0 saturated carbocycles. The second kappa shape index (κ2) is 4.52. The smallest absolute Gasteiger partial charge is 0.373 e. The molecule has 0 aliphatic carbocycles. The lowest BCUT2D eigenvalue weighted by Gasteiger charge is -2.32. The number of ether oxygens (including phenoxy) is 1. The predicted octanol–water partition coefficient (Wildman–Crippen LogP) is 2.94. The number of alkyl halides is 3. The molecule has 7 heteroatoms. The Morgan fingerprint density at radius 3 is 2.54 bits per heavy atom. The number of benzene rings is 1. The molecule has 1 N–H and O–H groups in total. The van der Waals surface area contributed by atoms with Crippen molar-refractivity contribution in [2.45, 2.75) is 50.3 Å². The van der Waals surface area contributed by atoms with Crippen molar-refractivity contribution in [1.29, 1.82) is 0 Å². The summed E-state index contributed by atoms with van der Waals surface area (Å²) < 4.78 is 44.9. The highest BCUT2D eigenvalue weighted by molar-refractivity contribution is 5.99. The topological polar surface area (TPSA) is 49.8 Å². The van der Waals surface area contributed by atoms with Crippen LogP contribution in [0.15, 0.2) is 24.3 Å². The Kier molecular flexibility index (Phi) is 2.99. The van der Waals surface area contributed by atoms with Crippen molar-refractivity contribution in [2.24, 2.45) is 11.8 Å². The molecule has 1 amide bonds. The predicted molar refractivity (Wildman–Crippen MR) is 79.0 cm³/mol. The van der Waals surface area contributed by atoms with Crippen LogP contribution in [0.1, 0.15) is 32.3 Å². The van der Waals surface area contributed by atoms with E-state index in [2.05, 4.69) is 0 Å². The van der Waals surface area contributed by atoms with E-state index in [4.69, 9.17) is 4.74 Å². The van der Waals surface area contributed by atoms with Crippen LogP contribution in [0.4, 0.5) is 18.9 Å². The van der Waals surface area contributed by atoms with Crippen LogP contribution >= 0.6 is 0 Å². The maximum absolute atomic E-state index is 13.0. The van der Waals surface area contributed by atoms with Gasteiger partial charge in [0.2, 0.25) is 5.91 Å². The number of hydrogen-bond acceptors (Lipinski definition) is 3. The van der Waals surface area contributed by atoms with Gasteiger partial charge in [-0.2, -0.15) is 13.2 Å². The quantitative estimate of drug-likeness (QED) is 0.854. The molecule has 0 aromatic heterocycles. The summed E-state index contributed by atoms with van der Waals surface area (Å²) in [5.41, 5.74) is -2.05. The lowest BCUT2D eigenvalue weighted by molar-refractivity contribution is -0.137. The summed E-state index contributed by atoms with van der Waals surface area (Å²) >= 11 is 0. The van der Waals surface area contributed by atoms with Crippen molar-refractivity contribution in [1.82, 2.24) is 0 Å². The largest absolute Gasteiger partial charge is 0.416 e. The molecule has 4 nitrogen and oxygen atoms in total. The second-order valence-electron chi connectivity index (χ2n) is 7.40. The summed E-state index contributed by atoms with van der Waals surface area (Å²) in [7, 11) is 0. The van der Waals surface area contributed by atoms with Gasteiger partial charge in [0, 0.05) is 11.6 Å². The molecule has 3 aliphatic heterocycles. The van der Waals surface area contributed by atoms with E-state index in [9.17, 15) is 23.1 Å². The number of amides is 1. The van der Waals surface area contributed by atoms with Crippen LogP contribution in [0.5, 0.6) is 0 Å². The van der Waals surface area contributed by atoms with Gasteiger partial charge in [-0.3, -0.25) is 9.69 Å². The molecule has 1 aromatic rings. The van der Waals surface area contributed by atoms with Gasteiger partial charge in [0.1, 0.15) is 6.23 Å². The fraction of sp³-hybridized carbons (Fsp3) is 0.588. The summed E-state index contributed by atoms with van der Waals surface area (Å²) in [4.78, 5) is 14.0. The summed E-state index contributed by atoms with van der Waals surface area (Å²) in [6, 6.07) is 4.54. The van der Waals surface area contributed by atoms with E-state index >= 15 is 0 Å². The van der Waals surface area contributed by atoms with Crippen molar-refractivity contribution in [2.75, 3.05) is 4.90 Å². The number of carbonyl (C=O) groups is 1. The van der Waals surface area contributed by atoms with Gasteiger partial charge in [-0.05, 0) is 44.9 Å². The average Bonchev–Trinajstić information content (AvgIpc) is 3.03. The van der Waals surface area contributed by atoms with Crippen molar-refractivity contribution < 1.29 is 27.8 Å². The Hall–Kier alpha value is -1.60. The summed E-state index contributed by atoms with van der Waals surface area (Å²) in [6.45, 7) is 3.72. The number of nitrogens with zero attached hydrogens (tertiary/aromatic N) is 1. The van der Waals surface area contributed by atoms with Gasteiger partial charge in [0.05, 0.1) is 22.7 Å². The van der Waals surface area contributed by atoms with Crippen LogP contribution in [-0.2, 0) is 15.7 Å². The zero-order chi connectivity index (χ0) is 17.5. The zero-order valence-electron chi connectivity index (χ0n) is 13.3. The van der Waals surface area contributed by atoms with Crippen molar-refractivity contribution >= 4 is 11.6 Å². The number of rotatable bonds is 1. The molecule has 3 unspecified atom stereocenters. The van der Waals surface area contributed by atoms with Gasteiger partial charge in [-0.15, -0.1) is 0 Å². The van der Waals surface area contributed by atoms with Gasteiger partial charge in [-0.25, -0.2) is 0 Å². The van der Waals surface area contributed by atoms with E-state index < -0.39 is 41.0 Å². The highest BCUT2D eigenvalue weighted by Gasteiger charge is 2.72. The molecular weight excluding hydrogens is 323 g/mol. The standard InChI is InChI=1S/C17H18F3NO3/c1-15-6-7-16(2,24-15)12-11(15)13(22)21(14(12)23)10-5-3-4-9(8-10)17(18,19)20/h3-5,8,11-13,22H,6-7H2,1-2H3/t11-,12+,13?,15?,16?/m0/s1. The minimum Gasteiger partial charge on any atom is -0.373 e. The van der Waals surface area contributed by atoms with Crippen LogP contribution in [-0.4, -0.2) is 28.4 Å². The van der Waals surface area contributed by atoms with Gasteiger partial charge < -0.3 is 9.84 Å². The first kappa shape index (κ1) is 15.9. The molecule has 2 bridgehead atoms. The van der Waals surface area contributed by atoms with Crippen molar-refractivity contribution in [3.63, 3.8) is 0 Å². The van der Waals surface area contributed by atoms with Gasteiger partial charge >= 0.3 is 6.18 Å². The zero-order valence-corrected chi connectivity index (χ0v) is 13.3. The minimum absolute atomic E-state index is 0.0725. The summed E-state index contributed by atoms with van der Waals surface area (Å²) in [5.74, 6) is -1.32. The molecule has 130 valence electrons. The van der Waals surface area contributed by atoms with Crippen molar-refractivity contribution in [3.05, 3.63) is 29.8 Å². The van der Waals surface area contributed by atoms with Gasteiger partial charge in [0.25, 0.3) is 0 Å². The number of aliphatic hydroxyl groups excluding tert-OH is 1. The molecule has 3 saturated heterocycles. The van der Waals surface area contributed by atoms with E-state index in [1.807, 2.05) is 13.8 Å². The molecular formula is C17H18F3NO3. The maximum Gasteiger partial charge on any atom is 0.416 e. The third-order valence-electron chi connectivity index (χ3n) is 5.85. The Labute approximate surface area is 137 Å². The lowest BCUT2D eigenvalue weighted by Crippen LogP contribution is -2.43. The van der Waals surface area contributed by atoms with E-state index in [-0.39, 0.29) is 11.6 Å². The van der Waals surface area contributed by atoms with E-state index in [0.29, 0.717) is 6.42 Å². The summed E-state index contributed by atoms with van der Waals surface area (Å²) in [6.07, 6.45) is -4.25. The Morgan fingerprint density at radius 2 is 1.92 bits per heavy atom. The van der Waals surface area contributed by atoms with E-state index in [1.165, 1.54) is 12.1 Å². The molecule has 1 aromatic carbocycles. The lowest BCUT2D eigenvalue weighted by atomic mass is 9.69. The first-order chi connectivity index (χ1) is 11.1. The van der Waals surface area contributed by atoms with Crippen LogP contribution in [0.25, 0.3) is 0 Å². The molecule has 24 heavy (non-hydrogen) atoms. The Bertz CT molecular complexity index is 721. The minimum atomic E-state index is -4.50. The number of fused-ring (bicyclic) bond motifs is 5. The molecule has 5 atom stereocenters. The first-order valence-corrected chi connectivity index (χ1v) is 7.95. The maximum atomic E-state index is 13.0. The number of halogens is 3. The fourth-order valence-electron chi connectivity index (χ4n) is 4.77. The van der Waals surface area contributed by atoms with Crippen LogP contribution in [0.3, 0.4) is 0 Å². The number of anilines is 1. The normalized spacial score (nSPS) is 41.2. The molecule has 3 fully saturated rings. The van der Waals surface area contributed by atoms with Gasteiger partial charge in [-0.1, -0.05) is 6.07 Å². The van der Waals surface area contributed by atoms with Crippen LogP contribution in [0, 0.1) is 11.8 Å². The number of aliphatic hydroxyl groups is 1. The van der Waals surface area contributed by atoms with Crippen LogP contribution in [0.2, 0.25) is 0 Å². The third kappa shape index (κ3) is 1.91. The SMILES string of the molecule is CC12CCC(C)(O1)[C@H]1C(=O)N(c3cccc(C(F)(F)F)c3)C(O)[C@H]12. The second-order valence-corrected chi connectivity index (χ2v) is 7.40. The fourth-order valence-corrected chi connectivity index (χ4v) is 4.77. The molecule has 0 radical (unpaired) electrons. The van der Waals surface area contributed by atoms with E-state index in [0.717, 1.165) is 23.5 Å².